The highest BCUT2D eigenvalue weighted by atomic mass is 16.5. The molecule has 1 saturated heterocycles. The maximum absolute atomic E-state index is 12.9. The third kappa shape index (κ3) is 5.45. The molecule has 2 aromatic carbocycles. The van der Waals surface area contributed by atoms with E-state index in [4.69, 9.17) is 14.2 Å². The summed E-state index contributed by atoms with van der Waals surface area (Å²) in [7, 11) is 3.13. The van der Waals surface area contributed by atoms with Crippen LogP contribution >= 0.6 is 0 Å². The minimum Gasteiger partial charge on any atom is -0.493 e. The molecule has 1 heterocycles. The van der Waals surface area contributed by atoms with E-state index in [-0.39, 0.29) is 11.9 Å². The quantitative estimate of drug-likeness (QED) is 0.713. The van der Waals surface area contributed by atoms with E-state index in [1.165, 1.54) is 0 Å². The summed E-state index contributed by atoms with van der Waals surface area (Å²) in [5, 5.41) is 3.16. The van der Waals surface area contributed by atoms with Gasteiger partial charge in [-0.2, -0.15) is 0 Å². The molecule has 0 bridgehead atoms. The Balaban J connectivity index is 1.70. The smallest absolute Gasteiger partial charge is 0.251 e. The lowest BCUT2D eigenvalue weighted by molar-refractivity contribution is 0.0899. The molecule has 0 atom stereocenters. The SMILES string of the molecule is COc1cc(C(=O)NC2CCN(C(C)C)CC2)cc(OC)c1OCc1ccccc1. The Morgan fingerprint density at radius 3 is 2.20 bits per heavy atom. The number of ether oxygens (including phenoxy) is 3. The second kappa shape index (κ2) is 10.3. The number of amides is 1. The van der Waals surface area contributed by atoms with Crippen LogP contribution in [0.15, 0.2) is 42.5 Å². The predicted octanol–water partition coefficient (Wildman–Crippen LogP) is 3.89. The van der Waals surface area contributed by atoms with Gasteiger partial charge < -0.3 is 24.4 Å². The molecule has 162 valence electrons. The highest BCUT2D eigenvalue weighted by Crippen LogP contribution is 2.39. The molecule has 0 radical (unpaired) electrons. The van der Waals surface area contributed by atoms with Gasteiger partial charge in [-0.3, -0.25) is 4.79 Å². The van der Waals surface area contributed by atoms with Crippen molar-refractivity contribution in [1.82, 2.24) is 10.2 Å². The van der Waals surface area contributed by atoms with Gasteiger partial charge in [0.1, 0.15) is 6.61 Å². The number of rotatable bonds is 8. The minimum absolute atomic E-state index is 0.121. The summed E-state index contributed by atoms with van der Waals surface area (Å²) in [4.78, 5) is 15.3. The van der Waals surface area contributed by atoms with Crippen LogP contribution in [0.2, 0.25) is 0 Å². The van der Waals surface area contributed by atoms with E-state index in [9.17, 15) is 4.79 Å². The standard InChI is InChI=1S/C24H32N2O4/c1-17(2)26-12-10-20(11-13-26)25-24(27)19-14-21(28-3)23(22(15-19)29-4)30-16-18-8-6-5-7-9-18/h5-9,14-15,17,20H,10-13,16H2,1-4H3,(H,25,27). The number of nitrogens with one attached hydrogen (secondary N) is 1. The van der Waals surface area contributed by atoms with Gasteiger partial charge in [-0.05, 0) is 44.4 Å². The molecule has 1 aliphatic rings. The molecule has 1 fully saturated rings. The van der Waals surface area contributed by atoms with Gasteiger partial charge in [0, 0.05) is 30.7 Å². The molecular formula is C24H32N2O4. The molecule has 1 amide bonds. The number of methoxy groups -OCH3 is 2. The molecule has 0 aromatic heterocycles. The molecule has 2 aromatic rings. The fraction of sp³-hybridized carbons (Fsp3) is 0.458. The van der Waals surface area contributed by atoms with Gasteiger partial charge in [0.2, 0.25) is 5.75 Å². The van der Waals surface area contributed by atoms with E-state index in [0.717, 1.165) is 31.5 Å². The molecule has 0 aliphatic carbocycles. The van der Waals surface area contributed by atoms with Crippen molar-refractivity contribution in [2.45, 2.75) is 45.4 Å². The van der Waals surface area contributed by atoms with Crippen molar-refractivity contribution in [2.24, 2.45) is 0 Å². The van der Waals surface area contributed by atoms with E-state index < -0.39 is 0 Å². The number of hydrogen-bond acceptors (Lipinski definition) is 5. The lowest BCUT2D eigenvalue weighted by atomic mass is 10.0. The molecular weight excluding hydrogens is 380 g/mol. The molecule has 6 nitrogen and oxygen atoms in total. The zero-order valence-electron chi connectivity index (χ0n) is 18.3. The van der Waals surface area contributed by atoms with Crippen LogP contribution in [0.1, 0.15) is 42.6 Å². The van der Waals surface area contributed by atoms with Gasteiger partial charge in [-0.25, -0.2) is 0 Å². The summed E-state index contributed by atoms with van der Waals surface area (Å²) in [6.07, 6.45) is 1.91. The van der Waals surface area contributed by atoms with Crippen molar-refractivity contribution in [3.63, 3.8) is 0 Å². The number of carbonyl (C=O) groups is 1. The molecule has 1 N–H and O–H groups in total. The van der Waals surface area contributed by atoms with Crippen LogP contribution in [0.3, 0.4) is 0 Å². The van der Waals surface area contributed by atoms with Crippen LogP contribution in [0.25, 0.3) is 0 Å². The molecule has 1 aliphatic heterocycles. The number of carbonyl (C=O) groups excluding carboxylic acids is 1. The maximum Gasteiger partial charge on any atom is 0.251 e. The second-order valence-electron chi connectivity index (χ2n) is 7.86. The number of likely N-dealkylation sites (tertiary alicyclic amines) is 1. The van der Waals surface area contributed by atoms with Crippen molar-refractivity contribution in [2.75, 3.05) is 27.3 Å². The summed E-state index contributed by atoms with van der Waals surface area (Å²) in [6, 6.07) is 14.0. The predicted molar refractivity (Wildman–Crippen MR) is 118 cm³/mol. The first-order valence-electron chi connectivity index (χ1n) is 10.5. The summed E-state index contributed by atoms with van der Waals surface area (Å²) in [6.45, 7) is 6.80. The zero-order chi connectivity index (χ0) is 21.5. The van der Waals surface area contributed by atoms with Gasteiger partial charge in [0.05, 0.1) is 14.2 Å². The molecule has 0 saturated carbocycles. The number of piperidine rings is 1. The zero-order valence-corrected chi connectivity index (χ0v) is 18.3. The number of benzene rings is 2. The lowest BCUT2D eigenvalue weighted by Gasteiger charge is -2.34. The maximum atomic E-state index is 12.9. The average Bonchev–Trinajstić information content (AvgIpc) is 2.78. The molecule has 0 unspecified atom stereocenters. The van der Waals surface area contributed by atoms with E-state index in [0.29, 0.717) is 35.5 Å². The van der Waals surface area contributed by atoms with Gasteiger partial charge >= 0.3 is 0 Å². The second-order valence-corrected chi connectivity index (χ2v) is 7.86. The van der Waals surface area contributed by atoms with Gasteiger partial charge in [0.25, 0.3) is 5.91 Å². The summed E-state index contributed by atoms with van der Waals surface area (Å²) in [5.41, 5.74) is 1.54. The first kappa shape index (κ1) is 22.0. The fourth-order valence-corrected chi connectivity index (χ4v) is 3.71. The normalized spacial score (nSPS) is 15.1. The first-order valence-corrected chi connectivity index (χ1v) is 10.5. The van der Waals surface area contributed by atoms with Crippen LogP contribution in [0, 0.1) is 0 Å². The van der Waals surface area contributed by atoms with Crippen LogP contribution in [-0.4, -0.2) is 50.2 Å². The van der Waals surface area contributed by atoms with Crippen molar-refractivity contribution in [3.05, 3.63) is 53.6 Å². The van der Waals surface area contributed by atoms with Gasteiger partial charge in [0.15, 0.2) is 11.5 Å². The third-order valence-corrected chi connectivity index (χ3v) is 5.54. The Labute approximate surface area is 179 Å². The molecule has 30 heavy (non-hydrogen) atoms. The minimum atomic E-state index is -0.121. The largest absolute Gasteiger partial charge is 0.493 e. The highest BCUT2D eigenvalue weighted by molar-refractivity contribution is 5.95. The molecule has 6 heteroatoms. The molecule has 3 rings (SSSR count). The highest BCUT2D eigenvalue weighted by Gasteiger charge is 2.24. The Kier molecular flexibility index (Phi) is 7.57. The Morgan fingerprint density at radius 2 is 1.67 bits per heavy atom. The van der Waals surface area contributed by atoms with E-state index >= 15 is 0 Å². The van der Waals surface area contributed by atoms with Crippen molar-refractivity contribution < 1.29 is 19.0 Å². The van der Waals surface area contributed by atoms with Crippen molar-refractivity contribution in [3.8, 4) is 17.2 Å². The van der Waals surface area contributed by atoms with Crippen molar-refractivity contribution >= 4 is 5.91 Å². The summed E-state index contributed by atoms with van der Waals surface area (Å²) < 4.78 is 17.0. The monoisotopic (exact) mass is 412 g/mol. The molecule has 0 spiro atoms. The third-order valence-electron chi connectivity index (χ3n) is 5.54. The number of hydrogen-bond donors (Lipinski definition) is 1. The van der Waals surface area contributed by atoms with Crippen LogP contribution in [0.4, 0.5) is 0 Å². The van der Waals surface area contributed by atoms with E-state index in [1.807, 2.05) is 30.3 Å². The van der Waals surface area contributed by atoms with E-state index in [2.05, 4.69) is 24.1 Å². The number of nitrogens with zero attached hydrogens (tertiary/aromatic N) is 1. The van der Waals surface area contributed by atoms with E-state index in [1.54, 1.807) is 26.4 Å². The van der Waals surface area contributed by atoms with Crippen LogP contribution in [0.5, 0.6) is 17.2 Å². The summed E-state index contributed by atoms with van der Waals surface area (Å²) in [5.74, 6) is 1.32. The van der Waals surface area contributed by atoms with Gasteiger partial charge in [-0.15, -0.1) is 0 Å². The summed E-state index contributed by atoms with van der Waals surface area (Å²) >= 11 is 0. The first-order chi connectivity index (χ1) is 14.5. The lowest BCUT2D eigenvalue weighted by Crippen LogP contribution is -2.46. The fourth-order valence-electron chi connectivity index (χ4n) is 3.71. The van der Waals surface area contributed by atoms with Crippen molar-refractivity contribution in [1.29, 1.82) is 0 Å². The Bertz CT molecular complexity index is 805. The Hall–Kier alpha value is -2.73. The van der Waals surface area contributed by atoms with Crippen LogP contribution in [-0.2, 0) is 6.61 Å². The average molecular weight is 413 g/mol. The van der Waals surface area contributed by atoms with Gasteiger partial charge in [-0.1, -0.05) is 30.3 Å². The van der Waals surface area contributed by atoms with Crippen LogP contribution < -0.4 is 19.5 Å². The topological polar surface area (TPSA) is 60.0 Å². The Morgan fingerprint density at radius 1 is 1.07 bits per heavy atom.